The molecule has 5 nitrogen and oxygen atoms in total. The van der Waals surface area contributed by atoms with Gasteiger partial charge in [-0.1, -0.05) is 30.4 Å². The van der Waals surface area contributed by atoms with E-state index in [1.165, 1.54) is 7.11 Å². The molecule has 122 valence electrons. The van der Waals surface area contributed by atoms with Gasteiger partial charge in [-0.2, -0.15) is 0 Å². The maximum absolute atomic E-state index is 11.9. The van der Waals surface area contributed by atoms with Crippen LogP contribution in [0.15, 0.2) is 42.5 Å². The van der Waals surface area contributed by atoms with E-state index in [0.717, 1.165) is 5.56 Å². The molecule has 0 aliphatic carbocycles. The first-order valence-electron chi connectivity index (χ1n) is 7.58. The third-order valence-corrected chi connectivity index (χ3v) is 3.60. The molecule has 0 spiro atoms. The molecule has 1 heterocycles. The Balaban J connectivity index is 2.25. The number of aliphatic hydroxyl groups is 1. The number of hydrogen-bond acceptors (Lipinski definition) is 5. The zero-order valence-corrected chi connectivity index (χ0v) is 13.8. The van der Waals surface area contributed by atoms with Crippen LogP contribution in [0.2, 0.25) is 0 Å². The van der Waals surface area contributed by atoms with E-state index in [0.29, 0.717) is 27.6 Å². The van der Waals surface area contributed by atoms with Crippen LogP contribution in [0, 0.1) is 0 Å². The number of nitrogens with zero attached hydrogens (tertiary/aromatic N) is 2. The fourth-order valence-corrected chi connectivity index (χ4v) is 2.44. The zero-order valence-electron chi connectivity index (χ0n) is 13.8. The third kappa shape index (κ3) is 3.12. The summed E-state index contributed by atoms with van der Waals surface area (Å²) in [4.78, 5) is 21.2. The number of carbonyl (C=O) groups is 1. The highest BCUT2D eigenvalue weighted by atomic mass is 16.5. The van der Waals surface area contributed by atoms with Gasteiger partial charge in [0.1, 0.15) is 5.52 Å². The average Bonchev–Trinajstić information content (AvgIpc) is 2.56. The van der Waals surface area contributed by atoms with Crippen LogP contribution in [0.4, 0.5) is 0 Å². The monoisotopic (exact) mass is 322 g/mol. The van der Waals surface area contributed by atoms with Gasteiger partial charge in [0, 0.05) is 5.56 Å². The van der Waals surface area contributed by atoms with E-state index >= 15 is 0 Å². The number of rotatable bonds is 3. The van der Waals surface area contributed by atoms with Crippen molar-refractivity contribution in [3.05, 3.63) is 53.6 Å². The summed E-state index contributed by atoms with van der Waals surface area (Å²) >= 11 is 0. The van der Waals surface area contributed by atoms with Crippen molar-refractivity contribution in [1.29, 1.82) is 0 Å². The van der Waals surface area contributed by atoms with Crippen LogP contribution in [0.25, 0.3) is 28.1 Å². The second-order valence-electron chi connectivity index (χ2n) is 6.09. The topological polar surface area (TPSA) is 72.3 Å². The number of benzene rings is 2. The molecule has 0 atom stereocenters. The minimum Gasteiger partial charge on any atom is -0.465 e. The van der Waals surface area contributed by atoms with Crippen molar-refractivity contribution in [2.24, 2.45) is 0 Å². The minimum absolute atomic E-state index is 0.391. The molecule has 0 bridgehead atoms. The van der Waals surface area contributed by atoms with Crippen molar-refractivity contribution in [3.8, 4) is 0 Å². The van der Waals surface area contributed by atoms with Crippen molar-refractivity contribution in [2.75, 3.05) is 7.11 Å². The Labute approximate surface area is 139 Å². The number of esters is 1. The Morgan fingerprint density at radius 2 is 1.71 bits per heavy atom. The van der Waals surface area contributed by atoms with Crippen molar-refractivity contribution in [3.63, 3.8) is 0 Å². The largest absolute Gasteiger partial charge is 0.465 e. The summed E-state index contributed by atoms with van der Waals surface area (Å²) in [5.41, 5.74) is 2.86. The molecule has 0 saturated heterocycles. The Hall–Kier alpha value is -2.79. The first kappa shape index (κ1) is 16.1. The van der Waals surface area contributed by atoms with Crippen LogP contribution < -0.4 is 0 Å². The van der Waals surface area contributed by atoms with Gasteiger partial charge in [-0.15, -0.1) is 0 Å². The number of fused-ring (bicyclic) bond motifs is 2. The number of ether oxygens (including phenoxy) is 1. The standard InChI is InChI=1S/C19H18N2O3/c1-19(2,23)11-10-12-6-4-8-14-16(12)20-15-9-5-7-13(17(15)21-14)18(22)24-3/h4-11,23H,1-3H3/b11-10+. The number of aromatic nitrogens is 2. The maximum atomic E-state index is 11.9. The van der Waals surface area contributed by atoms with Crippen LogP contribution >= 0.6 is 0 Å². The number of carbonyl (C=O) groups excluding carboxylic acids is 1. The molecule has 0 aliphatic heterocycles. The quantitative estimate of drug-likeness (QED) is 0.591. The Bertz CT molecular complexity index is 956. The van der Waals surface area contributed by atoms with Gasteiger partial charge in [0.15, 0.2) is 0 Å². The number of para-hydroxylation sites is 2. The van der Waals surface area contributed by atoms with Crippen LogP contribution in [0.3, 0.4) is 0 Å². The fourth-order valence-electron chi connectivity index (χ4n) is 2.44. The SMILES string of the molecule is COC(=O)c1cccc2nc3c(/C=C/C(C)(C)O)cccc3nc12. The smallest absolute Gasteiger partial charge is 0.340 e. The summed E-state index contributed by atoms with van der Waals surface area (Å²) in [6, 6.07) is 10.9. The van der Waals surface area contributed by atoms with Crippen molar-refractivity contribution < 1.29 is 14.6 Å². The van der Waals surface area contributed by atoms with E-state index in [4.69, 9.17) is 4.74 Å². The highest BCUT2D eigenvalue weighted by Crippen LogP contribution is 2.23. The number of hydrogen-bond donors (Lipinski definition) is 1. The van der Waals surface area contributed by atoms with Gasteiger partial charge in [-0.3, -0.25) is 0 Å². The average molecular weight is 322 g/mol. The normalized spacial score (nSPS) is 12.2. The lowest BCUT2D eigenvalue weighted by Gasteiger charge is -2.11. The second-order valence-corrected chi connectivity index (χ2v) is 6.09. The molecule has 1 N–H and O–H groups in total. The molecule has 0 fully saturated rings. The zero-order chi connectivity index (χ0) is 17.3. The molecule has 0 unspecified atom stereocenters. The Morgan fingerprint density at radius 1 is 1.08 bits per heavy atom. The Morgan fingerprint density at radius 3 is 2.38 bits per heavy atom. The molecule has 0 saturated carbocycles. The molecule has 2 aromatic carbocycles. The van der Waals surface area contributed by atoms with Crippen molar-refractivity contribution in [1.82, 2.24) is 9.97 Å². The Kier molecular flexibility index (Phi) is 4.03. The van der Waals surface area contributed by atoms with Crippen LogP contribution in [-0.4, -0.2) is 33.8 Å². The highest BCUT2D eigenvalue weighted by Gasteiger charge is 2.14. The first-order chi connectivity index (χ1) is 11.4. The molecule has 0 amide bonds. The molecule has 0 aliphatic rings. The molecule has 3 aromatic rings. The van der Waals surface area contributed by atoms with E-state index in [9.17, 15) is 9.90 Å². The highest BCUT2D eigenvalue weighted by molar-refractivity contribution is 6.04. The van der Waals surface area contributed by atoms with Crippen molar-refractivity contribution in [2.45, 2.75) is 19.4 Å². The maximum Gasteiger partial charge on any atom is 0.340 e. The van der Waals surface area contributed by atoms with Gasteiger partial charge in [-0.05, 0) is 32.0 Å². The summed E-state index contributed by atoms with van der Waals surface area (Å²) in [5.74, 6) is -0.438. The lowest BCUT2D eigenvalue weighted by molar-refractivity contribution is 0.0602. The van der Waals surface area contributed by atoms with Crippen LogP contribution in [-0.2, 0) is 4.74 Å². The molecule has 5 heteroatoms. The summed E-state index contributed by atoms with van der Waals surface area (Å²) in [6.07, 6.45) is 3.53. The molecular formula is C19H18N2O3. The van der Waals surface area contributed by atoms with Gasteiger partial charge >= 0.3 is 5.97 Å². The predicted octanol–water partition coefficient (Wildman–Crippen LogP) is 3.35. The summed E-state index contributed by atoms with van der Waals surface area (Å²) in [7, 11) is 1.34. The van der Waals surface area contributed by atoms with Gasteiger partial charge in [0.05, 0.1) is 34.8 Å². The lowest BCUT2D eigenvalue weighted by atomic mass is 10.1. The molecule has 0 radical (unpaired) electrons. The lowest BCUT2D eigenvalue weighted by Crippen LogP contribution is -2.13. The van der Waals surface area contributed by atoms with Gasteiger partial charge in [0.2, 0.25) is 0 Å². The van der Waals surface area contributed by atoms with E-state index in [2.05, 4.69) is 9.97 Å². The van der Waals surface area contributed by atoms with Crippen molar-refractivity contribution >= 4 is 34.1 Å². The minimum atomic E-state index is -0.912. The second kappa shape index (κ2) is 6.02. The third-order valence-electron chi connectivity index (χ3n) is 3.60. The van der Waals surface area contributed by atoms with Crippen LogP contribution in [0.5, 0.6) is 0 Å². The molecular weight excluding hydrogens is 304 g/mol. The molecule has 3 rings (SSSR count). The van der Waals surface area contributed by atoms with Crippen LogP contribution in [0.1, 0.15) is 29.8 Å². The number of methoxy groups -OCH3 is 1. The summed E-state index contributed by atoms with van der Waals surface area (Å²) < 4.78 is 4.81. The van der Waals surface area contributed by atoms with E-state index in [1.54, 1.807) is 32.1 Å². The molecule has 24 heavy (non-hydrogen) atoms. The first-order valence-corrected chi connectivity index (χ1v) is 7.58. The van der Waals surface area contributed by atoms with Gasteiger partial charge in [0.25, 0.3) is 0 Å². The molecule has 1 aromatic heterocycles. The van der Waals surface area contributed by atoms with Gasteiger partial charge < -0.3 is 9.84 Å². The van der Waals surface area contributed by atoms with E-state index in [-0.39, 0.29) is 0 Å². The van der Waals surface area contributed by atoms with Gasteiger partial charge in [-0.25, -0.2) is 14.8 Å². The predicted molar refractivity (Wildman–Crippen MR) is 93.7 cm³/mol. The van der Waals surface area contributed by atoms with E-state index in [1.807, 2.05) is 30.3 Å². The summed E-state index contributed by atoms with van der Waals surface area (Å²) in [6.45, 7) is 3.41. The van der Waals surface area contributed by atoms with E-state index < -0.39 is 11.6 Å². The fraction of sp³-hybridized carbons (Fsp3) is 0.211. The summed E-state index contributed by atoms with van der Waals surface area (Å²) in [5, 5.41) is 9.87.